The third-order valence-corrected chi connectivity index (χ3v) is 6.68. The fraction of sp³-hybridized carbons (Fsp3) is 0.348. The molecule has 0 bridgehead atoms. The molecule has 1 aliphatic heterocycles. The van der Waals surface area contributed by atoms with E-state index in [0.717, 1.165) is 23.6 Å². The molecule has 1 aromatic heterocycles. The van der Waals surface area contributed by atoms with Crippen molar-refractivity contribution in [2.45, 2.75) is 43.1 Å². The Morgan fingerprint density at radius 2 is 2.03 bits per heavy atom. The van der Waals surface area contributed by atoms with Crippen LogP contribution in [-0.4, -0.2) is 33.8 Å². The van der Waals surface area contributed by atoms with Crippen LogP contribution >= 0.6 is 23.4 Å². The minimum Gasteiger partial charge on any atom is -0.345 e. The van der Waals surface area contributed by atoms with Gasteiger partial charge in [0, 0.05) is 34.5 Å². The molecule has 2 atom stereocenters. The summed E-state index contributed by atoms with van der Waals surface area (Å²) in [5.41, 5.74) is 2.52. The van der Waals surface area contributed by atoms with Crippen molar-refractivity contribution in [3.8, 4) is 0 Å². The molecule has 2 unspecified atom stereocenters. The van der Waals surface area contributed by atoms with E-state index >= 15 is 0 Å². The normalized spacial score (nSPS) is 21.5. The first-order valence-electron chi connectivity index (χ1n) is 9.82. The van der Waals surface area contributed by atoms with Gasteiger partial charge in [-0.05, 0) is 42.7 Å². The zero-order chi connectivity index (χ0) is 20.1. The van der Waals surface area contributed by atoms with Gasteiger partial charge in [0.1, 0.15) is 0 Å². The highest BCUT2D eigenvalue weighted by atomic mass is 35.5. The quantitative estimate of drug-likeness (QED) is 0.451. The Balaban J connectivity index is 1.41. The van der Waals surface area contributed by atoms with Gasteiger partial charge < -0.3 is 14.0 Å². The van der Waals surface area contributed by atoms with Crippen molar-refractivity contribution < 1.29 is 9.47 Å². The zero-order valence-corrected chi connectivity index (χ0v) is 18.0. The molecule has 0 amide bonds. The molecule has 2 heterocycles. The lowest BCUT2D eigenvalue weighted by molar-refractivity contribution is -0.180. The number of halogens is 1. The van der Waals surface area contributed by atoms with E-state index in [-0.39, 0.29) is 6.10 Å². The molecule has 1 aliphatic rings. The van der Waals surface area contributed by atoms with Crippen molar-refractivity contribution in [2.24, 2.45) is 0 Å². The van der Waals surface area contributed by atoms with Crippen LogP contribution in [0.2, 0.25) is 5.02 Å². The maximum Gasteiger partial charge on any atom is 0.187 e. The minimum atomic E-state index is -0.642. The van der Waals surface area contributed by atoms with Crippen molar-refractivity contribution in [1.82, 2.24) is 9.55 Å². The summed E-state index contributed by atoms with van der Waals surface area (Å²) in [6.07, 6.45) is 7.25. The zero-order valence-electron chi connectivity index (χ0n) is 16.5. The summed E-state index contributed by atoms with van der Waals surface area (Å²) >= 11 is 7.84. The van der Waals surface area contributed by atoms with Crippen LogP contribution < -0.4 is 0 Å². The second kappa shape index (κ2) is 9.35. The molecule has 0 aliphatic carbocycles. The Morgan fingerprint density at radius 1 is 1.21 bits per heavy atom. The van der Waals surface area contributed by atoms with E-state index in [4.69, 9.17) is 21.1 Å². The van der Waals surface area contributed by atoms with Crippen LogP contribution in [0.4, 0.5) is 0 Å². The summed E-state index contributed by atoms with van der Waals surface area (Å²) in [5, 5.41) is 0.753. The number of rotatable bonds is 8. The average Bonchev–Trinajstić information content (AvgIpc) is 3.38. The van der Waals surface area contributed by atoms with Crippen LogP contribution in [0.25, 0.3) is 0 Å². The van der Waals surface area contributed by atoms with E-state index in [1.165, 1.54) is 16.0 Å². The molecule has 3 aromatic rings. The maximum absolute atomic E-state index is 6.51. The largest absolute Gasteiger partial charge is 0.345 e. The van der Waals surface area contributed by atoms with Gasteiger partial charge >= 0.3 is 0 Å². The highest BCUT2D eigenvalue weighted by molar-refractivity contribution is 7.99. The van der Waals surface area contributed by atoms with Gasteiger partial charge in [0.25, 0.3) is 0 Å². The molecule has 1 saturated heterocycles. The Morgan fingerprint density at radius 3 is 2.79 bits per heavy atom. The molecule has 0 radical (unpaired) electrons. The Kier molecular flexibility index (Phi) is 6.60. The standard InChI is InChI=1S/C23H25ClN2O2S/c1-18-4-2-3-5-22(18)29-15-21-14-27-23(28-21,16-26-13-12-25-17-26)11-10-19-6-8-20(24)9-7-19/h2-9,12-13,17,21H,10-11,14-16H2,1H3. The number of aromatic nitrogens is 2. The van der Waals surface area contributed by atoms with Gasteiger partial charge in [-0.1, -0.05) is 41.9 Å². The highest BCUT2D eigenvalue weighted by Gasteiger charge is 2.41. The van der Waals surface area contributed by atoms with Gasteiger partial charge in [-0.3, -0.25) is 0 Å². The predicted molar refractivity (Wildman–Crippen MR) is 117 cm³/mol. The van der Waals surface area contributed by atoms with Crippen molar-refractivity contribution in [1.29, 1.82) is 0 Å². The van der Waals surface area contributed by atoms with Crippen molar-refractivity contribution >= 4 is 23.4 Å². The van der Waals surface area contributed by atoms with E-state index in [1.54, 1.807) is 6.20 Å². The number of nitrogens with zero attached hydrogens (tertiary/aromatic N) is 2. The molecule has 4 rings (SSSR count). The van der Waals surface area contributed by atoms with E-state index in [0.29, 0.717) is 13.2 Å². The first-order chi connectivity index (χ1) is 14.1. The number of aryl methyl sites for hydroxylation is 2. The number of imidazole rings is 1. The smallest absolute Gasteiger partial charge is 0.187 e. The topological polar surface area (TPSA) is 36.3 Å². The highest BCUT2D eigenvalue weighted by Crippen LogP contribution is 2.34. The summed E-state index contributed by atoms with van der Waals surface area (Å²) in [6, 6.07) is 16.4. The Bertz CT molecular complexity index is 917. The van der Waals surface area contributed by atoms with Gasteiger partial charge in [0.15, 0.2) is 5.79 Å². The van der Waals surface area contributed by atoms with Crippen LogP contribution in [0, 0.1) is 6.92 Å². The van der Waals surface area contributed by atoms with Gasteiger partial charge in [0.05, 0.1) is 25.6 Å². The third kappa shape index (κ3) is 5.43. The molecule has 4 nitrogen and oxygen atoms in total. The van der Waals surface area contributed by atoms with Gasteiger partial charge in [-0.25, -0.2) is 4.98 Å². The molecule has 6 heteroatoms. The summed E-state index contributed by atoms with van der Waals surface area (Å²) in [4.78, 5) is 5.46. The van der Waals surface area contributed by atoms with Gasteiger partial charge in [-0.2, -0.15) is 0 Å². The van der Waals surface area contributed by atoms with E-state index < -0.39 is 5.79 Å². The molecule has 1 fully saturated rings. The molecule has 29 heavy (non-hydrogen) atoms. The lowest BCUT2D eigenvalue weighted by Gasteiger charge is -2.28. The summed E-state index contributed by atoms with van der Waals surface area (Å²) in [6.45, 7) is 3.38. The number of hydrogen-bond acceptors (Lipinski definition) is 4. The van der Waals surface area contributed by atoms with Crippen LogP contribution in [0.3, 0.4) is 0 Å². The summed E-state index contributed by atoms with van der Waals surface area (Å²) < 4.78 is 14.8. The van der Waals surface area contributed by atoms with Crippen molar-refractivity contribution in [3.63, 3.8) is 0 Å². The van der Waals surface area contributed by atoms with Crippen molar-refractivity contribution in [3.05, 3.63) is 83.4 Å². The minimum absolute atomic E-state index is 0.0633. The number of thioether (sulfide) groups is 1. The van der Waals surface area contributed by atoms with Crippen LogP contribution in [-0.2, 0) is 22.4 Å². The molecule has 0 spiro atoms. The van der Waals surface area contributed by atoms with E-state index in [1.807, 2.05) is 41.0 Å². The van der Waals surface area contributed by atoms with Crippen LogP contribution in [0.5, 0.6) is 0 Å². The molecule has 0 N–H and O–H groups in total. The Hall–Kier alpha value is -1.79. The van der Waals surface area contributed by atoms with Crippen LogP contribution in [0.15, 0.2) is 72.1 Å². The third-order valence-electron chi connectivity index (χ3n) is 5.12. The fourth-order valence-corrected chi connectivity index (χ4v) is 4.66. The molecular formula is C23H25ClN2O2S. The number of hydrogen-bond donors (Lipinski definition) is 0. The predicted octanol–water partition coefficient (Wildman–Crippen LogP) is 5.38. The lowest BCUT2D eigenvalue weighted by Crippen LogP contribution is -2.37. The van der Waals surface area contributed by atoms with E-state index in [2.05, 4.69) is 48.3 Å². The second-order valence-corrected chi connectivity index (χ2v) is 8.90. The van der Waals surface area contributed by atoms with Gasteiger partial charge in [0.2, 0.25) is 0 Å². The lowest BCUT2D eigenvalue weighted by atomic mass is 10.0. The fourth-order valence-electron chi connectivity index (χ4n) is 3.54. The summed E-state index contributed by atoms with van der Waals surface area (Å²) in [5.74, 6) is 0.231. The monoisotopic (exact) mass is 428 g/mol. The Labute approximate surface area is 181 Å². The van der Waals surface area contributed by atoms with Crippen molar-refractivity contribution in [2.75, 3.05) is 12.4 Å². The van der Waals surface area contributed by atoms with E-state index in [9.17, 15) is 0 Å². The average molecular weight is 429 g/mol. The summed E-state index contributed by atoms with van der Waals surface area (Å²) in [7, 11) is 0. The first kappa shape index (κ1) is 20.5. The number of benzene rings is 2. The molecular weight excluding hydrogens is 404 g/mol. The maximum atomic E-state index is 6.51. The van der Waals surface area contributed by atoms with Crippen LogP contribution in [0.1, 0.15) is 17.5 Å². The first-order valence-corrected chi connectivity index (χ1v) is 11.2. The second-order valence-electron chi connectivity index (χ2n) is 7.40. The molecule has 152 valence electrons. The molecule has 0 saturated carbocycles. The SMILES string of the molecule is Cc1ccccc1SCC1COC(CCc2ccc(Cl)cc2)(Cn2ccnc2)O1. The number of ether oxygens (including phenoxy) is 2. The van der Waals surface area contributed by atoms with Gasteiger partial charge in [-0.15, -0.1) is 11.8 Å². The molecule has 2 aromatic carbocycles.